The second-order valence-corrected chi connectivity index (χ2v) is 11.1. The molecule has 1 atom stereocenters. The van der Waals surface area contributed by atoms with E-state index >= 15 is 0 Å². The van der Waals surface area contributed by atoms with Crippen LogP contribution < -0.4 is 10.2 Å². The van der Waals surface area contributed by atoms with Gasteiger partial charge < -0.3 is 14.6 Å². The Morgan fingerprint density at radius 2 is 2.00 bits per heavy atom. The zero-order valence-electron chi connectivity index (χ0n) is 20.1. The first-order chi connectivity index (χ1) is 15.7. The molecule has 5 nitrogen and oxygen atoms in total. The van der Waals surface area contributed by atoms with Crippen LogP contribution in [0.2, 0.25) is 0 Å². The largest absolute Gasteiger partial charge is 0.467 e. The molecule has 3 aromatic rings. The summed E-state index contributed by atoms with van der Waals surface area (Å²) in [6.07, 6.45) is 6.51. The van der Waals surface area contributed by atoms with Crippen molar-refractivity contribution in [3.05, 3.63) is 70.0 Å². The topological polar surface area (TPSA) is 57.8 Å². The van der Waals surface area contributed by atoms with Gasteiger partial charge in [-0.15, -0.1) is 11.3 Å². The Kier molecular flexibility index (Phi) is 6.75. The van der Waals surface area contributed by atoms with Crippen LogP contribution in [0.4, 0.5) is 10.7 Å². The summed E-state index contributed by atoms with van der Waals surface area (Å²) in [5.74, 6) is 1.28. The van der Waals surface area contributed by atoms with Crippen LogP contribution >= 0.6 is 11.3 Å². The fourth-order valence-corrected chi connectivity index (χ4v) is 5.57. The van der Waals surface area contributed by atoms with Crippen molar-refractivity contribution >= 4 is 34.1 Å². The normalized spacial score (nSPS) is 16.1. The molecule has 1 aliphatic rings. The number of nitrogens with zero attached hydrogens (tertiary/aromatic N) is 2. The van der Waals surface area contributed by atoms with Crippen LogP contribution in [-0.4, -0.2) is 26.2 Å². The van der Waals surface area contributed by atoms with Crippen LogP contribution in [0.15, 0.2) is 52.1 Å². The van der Waals surface area contributed by atoms with E-state index < -0.39 is 0 Å². The Labute approximate surface area is 200 Å². The number of thiophene rings is 1. The number of furan rings is 1. The van der Waals surface area contributed by atoms with E-state index in [1.165, 1.54) is 10.4 Å². The number of nitrogens with one attached hydrogen (secondary N) is 1. The van der Waals surface area contributed by atoms with Gasteiger partial charge in [-0.25, -0.2) is 4.99 Å². The Morgan fingerprint density at radius 1 is 1.24 bits per heavy atom. The maximum absolute atomic E-state index is 13.3. The number of aliphatic imine (C=N–C) groups is 1. The highest BCUT2D eigenvalue weighted by Gasteiger charge is 2.33. The molecular formula is C27H33N3O2S. The molecule has 0 saturated carbocycles. The van der Waals surface area contributed by atoms with E-state index in [2.05, 4.69) is 55.3 Å². The third-order valence-corrected chi connectivity index (χ3v) is 7.60. The van der Waals surface area contributed by atoms with Gasteiger partial charge in [-0.05, 0) is 66.0 Å². The molecule has 0 aliphatic heterocycles. The van der Waals surface area contributed by atoms with E-state index in [1.807, 2.05) is 32.4 Å². The van der Waals surface area contributed by atoms with Crippen molar-refractivity contribution in [3.63, 3.8) is 0 Å². The highest BCUT2D eigenvalue weighted by Crippen LogP contribution is 2.45. The lowest BCUT2D eigenvalue weighted by molar-refractivity contribution is 0.0947. The van der Waals surface area contributed by atoms with Gasteiger partial charge in [-0.2, -0.15) is 0 Å². The lowest BCUT2D eigenvalue weighted by Crippen LogP contribution is -2.28. The predicted octanol–water partition coefficient (Wildman–Crippen LogP) is 6.24. The molecule has 4 rings (SSSR count). The zero-order valence-corrected chi connectivity index (χ0v) is 21.0. The van der Waals surface area contributed by atoms with Gasteiger partial charge in [0.25, 0.3) is 5.91 Å². The summed E-state index contributed by atoms with van der Waals surface area (Å²) < 4.78 is 5.38. The number of carbonyl (C=O) groups is 1. The van der Waals surface area contributed by atoms with E-state index in [0.717, 1.165) is 46.8 Å². The molecule has 1 aromatic carbocycles. The first kappa shape index (κ1) is 23.3. The second-order valence-electron chi connectivity index (χ2n) is 10.00. The fraction of sp³-hybridized carbons (Fsp3) is 0.407. The molecule has 174 valence electrons. The number of benzene rings is 1. The smallest absolute Gasteiger partial charge is 0.255 e. The minimum atomic E-state index is -0.0757. The molecule has 6 heteroatoms. The van der Waals surface area contributed by atoms with Gasteiger partial charge in [0, 0.05) is 30.9 Å². The third kappa shape index (κ3) is 5.38. The fourth-order valence-electron chi connectivity index (χ4n) is 4.30. The van der Waals surface area contributed by atoms with E-state index in [0.29, 0.717) is 12.5 Å². The first-order valence-electron chi connectivity index (χ1n) is 11.5. The quantitative estimate of drug-likeness (QED) is 0.440. The van der Waals surface area contributed by atoms with Gasteiger partial charge in [0.1, 0.15) is 10.8 Å². The predicted molar refractivity (Wildman–Crippen MR) is 137 cm³/mol. The molecular weight excluding hydrogens is 430 g/mol. The molecule has 2 aromatic heterocycles. The van der Waals surface area contributed by atoms with Crippen molar-refractivity contribution in [2.24, 2.45) is 16.3 Å². The molecule has 1 N–H and O–H groups in total. The summed E-state index contributed by atoms with van der Waals surface area (Å²) >= 11 is 1.67. The number of carbonyl (C=O) groups excluding carboxylic acids is 1. The molecule has 0 radical (unpaired) electrons. The Balaban J connectivity index is 1.63. The molecule has 33 heavy (non-hydrogen) atoms. The summed E-state index contributed by atoms with van der Waals surface area (Å²) in [6, 6.07) is 12.0. The van der Waals surface area contributed by atoms with Gasteiger partial charge in [0.2, 0.25) is 0 Å². The van der Waals surface area contributed by atoms with Crippen molar-refractivity contribution in [2.75, 3.05) is 19.0 Å². The van der Waals surface area contributed by atoms with Crippen molar-refractivity contribution in [3.8, 4) is 0 Å². The lowest BCUT2D eigenvalue weighted by atomic mass is 9.72. The maximum atomic E-state index is 13.3. The van der Waals surface area contributed by atoms with Gasteiger partial charge in [0.05, 0.1) is 18.4 Å². The molecule has 0 bridgehead atoms. The van der Waals surface area contributed by atoms with Gasteiger partial charge in [0.15, 0.2) is 0 Å². The van der Waals surface area contributed by atoms with E-state index in [9.17, 15) is 4.79 Å². The third-order valence-electron chi connectivity index (χ3n) is 6.44. The van der Waals surface area contributed by atoms with E-state index in [4.69, 9.17) is 9.41 Å². The average molecular weight is 464 g/mol. The molecule has 2 heterocycles. The molecule has 1 amide bonds. The van der Waals surface area contributed by atoms with Crippen LogP contribution in [0.5, 0.6) is 0 Å². The lowest BCUT2D eigenvalue weighted by Gasteiger charge is -2.33. The average Bonchev–Trinajstić information content (AvgIpc) is 3.42. The SMILES string of the molecule is CN(C)c1ccc(C=Nc2sc3c(c2C(=O)NCc2ccco2)CC[C@@H](C(C)(C)C)C3)cc1. The Hall–Kier alpha value is -2.86. The van der Waals surface area contributed by atoms with Crippen molar-refractivity contribution < 1.29 is 9.21 Å². The Bertz CT molecular complexity index is 1120. The van der Waals surface area contributed by atoms with E-state index in [1.54, 1.807) is 17.6 Å². The Morgan fingerprint density at radius 3 is 2.64 bits per heavy atom. The van der Waals surface area contributed by atoms with Crippen LogP contribution in [0.25, 0.3) is 0 Å². The summed E-state index contributed by atoms with van der Waals surface area (Å²) in [7, 11) is 4.05. The van der Waals surface area contributed by atoms with Crippen LogP contribution in [0, 0.1) is 11.3 Å². The standard InChI is InChI=1S/C27H33N3O2S/c1-27(2,3)19-10-13-22-23(15-19)33-26(24(22)25(31)28-17-21-7-6-14-32-21)29-16-18-8-11-20(12-9-18)30(4)5/h6-9,11-12,14,16,19H,10,13,15,17H2,1-5H3,(H,28,31)/t19-/m1/s1. The van der Waals surface area contributed by atoms with Gasteiger partial charge in [-0.1, -0.05) is 32.9 Å². The monoisotopic (exact) mass is 463 g/mol. The van der Waals surface area contributed by atoms with Gasteiger partial charge in [-0.3, -0.25) is 4.79 Å². The summed E-state index contributed by atoms with van der Waals surface area (Å²) in [4.78, 5) is 21.5. The maximum Gasteiger partial charge on any atom is 0.255 e. The molecule has 1 aliphatic carbocycles. The van der Waals surface area contributed by atoms with Crippen molar-refractivity contribution in [1.29, 1.82) is 0 Å². The minimum absolute atomic E-state index is 0.0757. The number of rotatable bonds is 6. The molecule has 0 fully saturated rings. The first-order valence-corrected chi connectivity index (χ1v) is 12.3. The number of hydrogen-bond donors (Lipinski definition) is 1. The second kappa shape index (κ2) is 9.56. The molecule has 0 unspecified atom stereocenters. The highest BCUT2D eigenvalue weighted by molar-refractivity contribution is 7.16. The van der Waals surface area contributed by atoms with Gasteiger partial charge >= 0.3 is 0 Å². The molecule has 0 spiro atoms. The number of fused-ring (bicyclic) bond motifs is 1. The van der Waals surface area contributed by atoms with Crippen LogP contribution in [0.1, 0.15) is 59.3 Å². The number of amides is 1. The van der Waals surface area contributed by atoms with Crippen molar-refractivity contribution in [2.45, 2.75) is 46.6 Å². The highest BCUT2D eigenvalue weighted by atomic mass is 32.1. The zero-order chi connectivity index (χ0) is 23.6. The van der Waals surface area contributed by atoms with E-state index in [-0.39, 0.29) is 11.3 Å². The summed E-state index contributed by atoms with van der Waals surface area (Å²) in [5.41, 5.74) is 4.31. The summed E-state index contributed by atoms with van der Waals surface area (Å²) in [5, 5.41) is 3.83. The van der Waals surface area contributed by atoms with Crippen LogP contribution in [-0.2, 0) is 19.4 Å². The van der Waals surface area contributed by atoms with Crippen molar-refractivity contribution in [1.82, 2.24) is 5.32 Å². The van der Waals surface area contributed by atoms with Crippen LogP contribution in [0.3, 0.4) is 0 Å². The summed E-state index contributed by atoms with van der Waals surface area (Å²) in [6.45, 7) is 7.30. The number of hydrogen-bond acceptors (Lipinski definition) is 5. The minimum Gasteiger partial charge on any atom is -0.467 e. The number of anilines is 1. The molecule has 0 saturated heterocycles.